The molecule has 2 atom stereocenters. The summed E-state index contributed by atoms with van der Waals surface area (Å²) in [5, 5.41) is 0. The average Bonchev–Trinajstić information content (AvgIpc) is 3.34. The molecule has 0 spiro atoms. The lowest BCUT2D eigenvalue weighted by atomic mass is 9.74. The standard InChI is InChI=1S/C23H46O4/c1-11-12-21(5,6)25-14-13-20(3,4)23(9,10)27-15-18(2)22(7,8)26-17-19-16-24-19/h18-19H,11-17H2,1-10H3. The third-order valence-electron chi connectivity index (χ3n) is 6.63. The second-order valence-corrected chi connectivity index (χ2v) is 10.6. The molecule has 1 fully saturated rings. The van der Waals surface area contributed by atoms with Crippen LogP contribution in [0, 0.1) is 11.3 Å². The van der Waals surface area contributed by atoms with E-state index in [1.54, 1.807) is 0 Å². The molecule has 2 unspecified atom stereocenters. The van der Waals surface area contributed by atoms with Crippen LogP contribution >= 0.6 is 0 Å². The topological polar surface area (TPSA) is 40.2 Å². The van der Waals surface area contributed by atoms with Gasteiger partial charge in [-0.05, 0) is 59.8 Å². The molecule has 0 aromatic carbocycles. The number of hydrogen-bond donors (Lipinski definition) is 0. The number of epoxide rings is 1. The molecule has 0 N–H and O–H groups in total. The first kappa shape index (κ1) is 24.9. The van der Waals surface area contributed by atoms with Crippen molar-refractivity contribution >= 4 is 0 Å². The van der Waals surface area contributed by atoms with Crippen LogP contribution in [0.15, 0.2) is 0 Å². The summed E-state index contributed by atoms with van der Waals surface area (Å²) in [6, 6.07) is 0. The molecule has 1 heterocycles. The lowest BCUT2D eigenvalue weighted by molar-refractivity contribution is -0.149. The Morgan fingerprint density at radius 3 is 2.04 bits per heavy atom. The summed E-state index contributed by atoms with van der Waals surface area (Å²) in [6.07, 6.45) is 3.50. The van der Waals surface area contributed by atoms with Crippen LogP contribution in [0.2, 0.25) is 0 Å². The third-order valence-corrected chi connectivity index (χ3v) is 6.63. The van der Waals surface area contributed by atoms with Gasteiger partial charge in [0.1, 0.15) is 6.10 Å². The first-order valence-corrected chi connectivity index (χ1v) is 10.8. The molecular weight excluding hydrogens is 340 g/mol. The zero-order valence-corrected chi connectivity index (χ0v) is 19.7. The molecule has 4 nitrogen and oxygen atoms in total. The van der Waals surface area contributed by atoms with Gasteiger partial charge in [-0.2, -0.15) is 0 Å². The maximum atomic E-state index is 6.43. The van der Waals surface area contributed by atoms with Gasteiger partial charge in [0.05, 0.1) is 36.6 Å². The van der Waals surface area contributed by atoms with Crippen LogP contribution in [0.4, 0.5) is 0 Å². The number of ether oxygens (including phenoxy) is 4. The van der Waals surface area contributed by atoms with Gasteiger partial charge in [-0.1, -0.05) is 34.1 Å². The Bertz CT molecular complexity index is 436. The number of hydrogen-bond acceptors (Lipinski definition) is 4. The Balaban J connectivity index is 2.47. The molecule has 0 radical (unpaired) electrons. The molecule has 0 bridgehead atoms. The second-order valence-electron chi connectivity index (χ2n) is 10.6. The summed E-state index contributed by atoms with van der Waals surface area (Å²) in [5.41, 5.74) is -0.493. The van der Waals surface area contributed by atoms with E-state index in [0.717, 1.165) is 32.5 Å². The SMILES string of the molecule is CCCC(C)(C)OCCC(C)(C)C(C)(C)OCC(C)C(C)(C)OCC1CO1. The minimum absolute atomic E-state index is 0.0157. The molecule has 0 saturated carbocycles. The maximum Gasteiger partial charge on any atom is 0.104 e. The van der Waals surface area contributed by atoms with Gasteiger partial charge in [-0.25, -0.2) is 0 Å². The van der Waals surface area contributed by atoms with Crippen LogP contribution in [0.5, 0.6) is 0 Å². The fourth-order valence-electron chi connectivity index (χ4n) is 2.90. The Labute approximate surface area is 168 Å². The van der Waals surface area contributed by atoms with E-state index in [1.165, 1.54) is 0 Å². The minimum Gasteiger partial charge on any atom is -0.376 e. The smallest absolute Gasteiger partial charge is 0.104 e. The van der Waals surface area contributed by atoms with Gasteiger partial charge < -0.3 is 18.9 Å². The number of rotatable bonds is 14. The quantitative estimate of drug-likeness (QED) is 0.363. The van der Waals surface area contributed by atoms with Crippen molar-refractivity contribution in [2.75, 3.05) is 26.4 Å². The van der Waals surface area contributed by atoms with Crippen LogP contribution in [-0.2, 0) is 18.9 Å². The highest BCUT2D eigenvalue weighted by atomic mass is 16.6. The highest BCUT2D eigenvalue weighted by molar-refractivity contribution is 4.89. The molecule has 0 aromatic rings. The maximum absolute atomic E-state index is 6.43. The van der Waals surface area contributed by atoms with Crippen molar-refractivity contribution in [3.8, 4) is 0 Å². The summed E-state index contributed by atoms with van der Waals surface area (Å²) in [7, 11) is 0. The van der Waals surface area contributed by atoms with E-state index in [2.05, 4.69) is 69.2 Å². The molecule has 1 rings (SSSR count). The van der Waals surface area contributed by atoms with Crippen molar-refractivity contribution in [1.82, 2.24) is 0 Å². The summed E-state index contributed by atoms with van der Waals surface area (Å²) in [4.78, 5) is 0. The predicted octanol–water partition coefficient (Wildman–Crippen LogP) is 5.62. The zero-order chi connectivity index (χ0) is 20.9. The summed E-state index contributed by atoms with van der Waals surface area (Å²) in [5.74, 6) is 0.297. The van der Waals surface area contributed by atoms with Crippen LogP contribution in [0.1, 0.15) is 88.5 Å². The Kier molecular flexibility index (Phi) is 8.81. The molecule has 0 amide bonds. The molecule has 0 aliphatic carbocycles. The van der Waals surface area contributed by atoms with E-state index >= 15 is 0 Å². The lowest BCUT2D eigenvalue weighted by Gasteiger charge is -2.44. The Morgan fingerprint density at radius 1 is 0.926 bits per heavy atom. The Morgan fingerprint density at radius 2 is 1.52 bits per heavy atom. The van der Waals surface area contributed by atoms with E-state index in [9.17, 15) is 0 Å². The molecule has 27 heavy (non-hydrogen) atoms. The van der Waals surface area contributed by atoms with Gasteiger partial charge in [0.15, 0.2) is 0 Å². The van der Waals surface area contributed by atoms with E-state index in [0.29, 0.717) is 25.2 Å². The molecule has 0 aromatic heterocycles. The van der Waals surface area contributed by atoms with Crippen LogP contribution in [0.3, 0.4) is 0 Å². The highest BCUT2D eigenvalue weighted by Gasteiger charge is 2.40. The van der Waals surface area contributed by atoms with E-state index in [1.807, 2.05) is 0 Å². The fraction of sp³-hybridized carbons (Fsp3) is 1.00. The molecule has 162 valence electrons. The van der Waals surface area contributed by atoms with Gasteiger partial charge in [0, 0.05) is 12.5 Å². The van der Waals surface area contributed by atoms with E-state index in [4.69, 9.17) is 18.9 Å². The van der Waals surface area contributed by atoms with Crippen LogP contribution in [0.25, 0.3) is 0 Å². The van der Waals surface area contributed by atoms with Gasteiger partial charge in [0.25, 0.3) is 0 Å². The molecule has 4 heteroatoms. The van der Waals surface area contributed by atoms with Gasteiger partial charge >= 0.3 is 0 Å². The summed E-state index contributed by atoms with van der Waals surface area (Å²) < 4.78 is 23.9. The van der Waals surface area contributed by atoms with Crippen molar-refractivity contribution < 1.29 is 18.9 Å². The molecular formula is C23H46O4. The van der Waals surface area contributed by atoms with Crippen LogP contribution < -0.4 is 0 Å². The molecule has 1 aliphatic rings. The zero-order valence-electron chi connectivity index (χ0n) is 19.7. The largest absolute Gasteiger partial charge is 0.376 e. The average molecular weight is 387 g/mol. The normalized spacial score (nSPS) is 20.0. The van der Waals surface area contributed by atoms with E-state index in [-0.39, 0.29) is 22.2 Å². The Hall–Kier alpha value is -0.160. The summed E-state index contributed by atoms with van der Waals surface area (Å²) in [6.45, 7) is 25.0. The van der Waals surface area contributed by atoms with Crippen molar-refractivity contribution in [2.45, 2.75) is 111 Å². The highest BCUT2D eigenvalue weighted by Crippen LogP contribution is 2.38. The predicted molar refractivity (Wildman–Crippen MR) is 112 cm³/mol. The third kappa shape index (κ3) is 8.39. The van der Waals surface area contributed by atoms with Gasteiger partial charge in [-0.3, -0.25) is 0 Å². The molecule has 1 saturated heterocycles. The molecule has 1 aliphatic heterocycles. The van der Waals surface area contributed by atoms with Gasteiger partial charge in [-0.15, -0.1) is 0 Å². The van der Waals surface area contributed by atoms with Crippen molar-refractivity contribution in [3.63, 3.8) is 0 Å². The fourth-order valence-corrected chi connectivity index (χ4v) is 2.90. The first-order valence-electron chi connectivity index (χ1n) is 10.8. The lowest BCUT2D eigenvalue weighted by Crippen LogP contribution is -2.46. The van der Waals surface area contributed by atoms with Gasteiger partial charge in [0.2, 0.25) is 0 Å². The monoisotopic (exact) mass is 386 g/mol. The van der Waals surface area contributed by atoms with Crippen molar-refractivity contribution in [3.05, 3.63) is 0 Å². The first-order chi connectivity index (χ1) is 12.2. The van der Waals surface area contributed by atoms with Crippen molar-refractivity contribution in [2.24, 2.45) is 11.3 Å². The second kappa shape index (κ2) is 9.56. The summed E-state index contributed by atoms with van der Waals surface area (Å²) >= 11 is 0. The van der Waals surface area contributed by atoms with Crippen LogP contribution in [-0.4, -0.2) is 49.3 Å². The van der Waals surface area contributed by atoms with E-state index < -0.39 is 0 Å². The minimum atomic E-state index is -0.241. The van der Waals surface area contributed by atoms with Crippen molar-refractivity contribution in [1.29, 1.82) is 0 Å².